The van der Waals surface area contributed by atoms with Gasteiger partial charge in [0.15, 0.2) is 0 Å². The number of hydrogen-bond acceptors (Lipinski definition) is 2. The number of hydrogen-bond donors (Lipinski definition) is 1. The summed E-state index contributed by atoms with van der Waals surface area (Å²) in [5, 5.41) is 3.37. The van der Waals surface area contributed by atoms with Gasteiger partial charge in [-0.2, -0.15) is 0 Å². The third-order valence-corrected chi connectivity index (χ3v) is 4.69. The first-order valence-corrected chi connectivity index (χ1v) is 8.36. The van der Waals surface area contributed by atoms with E-state index in [2.05, 4.69) is 64.3 Å². The first kappa shape index (κ1) is 16.6. The van der Waals surface area contributed by atoms with Gasteiger partial charge in [-0.3, -0.25) is 0 Å². The maximum absolute atomic E-state index is 3.37. The molecule has 1 aromatic carbocycles. The van der Waals surface area contributed by atoms with Gasteiger partial charge >= 0.3 is 0 Å². The predicted octanol–water partition coefficient (Wildman–Crippen LogP) is 4.85. The molecule has 19 heavy (non-hydrogen) atoms. The van der Waals surface area contributed by atoms with E-state index in [9.17, 15) is 0 Å². The van der Waals surface area contributed by atoms with Gasteiger partial charge in [0.2, 0.25) is 0 Å². The number of nitrogens with one attached hydrogen (secondary N) is 1. The molecule has 1 N–H and O–H groups in total. The molecule has 0 spiro atoms. The van der Waals surface area contributed by atoms with E-state index >= 15 is 0 Å². The van der Waals surface area contributed by atoms with E-state index in [1.165, 1.54) is 35.5 Å². The highest BCUT2D eigenvalue weighted by atomic mass is 32.2. The van der Waals surface area contributed by atoms with Gasteiger partial charge in [0, 0.05) is 10.9 Å². The Morgan fingerprint density at radius 2 is 1.79 bits per heavy atom. The lowest BCUT2D eigenvalue weighted by Gasteiger charge is -2.19. The smallest absolute Gasteiger partial charge is 0.00721 e. The van der Waals surface area contributed by atoms with Gasteiger partial charge in [0.1, 0.15) is 0 Å². The van der Waals surface area contributed by atoms with E-state index in [1.807, 2.05) is 11.8 Å². The topological polar surface area (TPSA) is 12.0 Å². The van der Waals surface area contributed by atoms with Crippen LogP contribution in [-0.2, 0) is 5.41 Å². The van der Waals surface area contributed by atoms with Crippen LogP contribution in [0.3, 0.4) is 0 Å². The molecule has 0 heterocycles. The molecule has 0 aliphatic heterocycles. The third kappa shape index (κ3) is 6.01. The van der Waals surface area contributed by atoms with Gasteiger partial charge in [-0.1, -0.05) is 39.8 Å². The Balaban J connectivity index is 2.34. The fraction of sp³-hybridized carbons (Fsp3) is 0.647. The summed E-state index contributed by atoms with van der Waals surface area (Å²) in [6.45, 7) is 9.03. The highest BCUT2D eigenvalue weighted by molar-refractivity contribution is 7.99. The van der Waals surface area contributed by atoms with Crippen molar-refractivity contribution in [3.8, 4) is 0 Å². The van der Waals surface area contributed by atoms with Crippen LogP contribution in [0.5, 0.6) is 0 Å². The summed E-state index contributed by atoms with van der Waals surface area (Å²) in [6.07, 6.45) is 3.78. The lowest BCUT2D eigenvalue weighted by Crippen LogP contribution is -2.23. The molecule has 0 aliphatic carbocycles. The number of benzene rings is 1. The van der Waals surface area contributed by atoms with Gasteiger partial charge in [0.25, 0.3) is 0 Å². The Hall–Kier alpha value is -0.470. The average molecular weight is 279 g/mol. The molecule has 108 valence electrons. The summed E-state index contributed by atoms with van der Waals surface area (Å²) in [6, 6.07) is 9.75. The molecule has 0 aromatic heterocycles. The van der Waals surface area contributed by atoms with Gasteiger partial charge in [-0.15, -0.1) is 11.8 Å². The summed E-state index contributed by atoms with van der Waals surface area (Å²) >= 11 is 1.97. The van der Waals surface area contributed by atoms with Crippen molar-refractivity contribution in [3.63, 3.8) is 0 Å². The van der Waals surface area contributed by atoms with Crippen molar-refractivity contribution in [2.75, 3.05) is 12.8 Å². The highest BCUT2D eigenvalue weighted by Crippen LogP contribution is 2.26. The van der Waals surface area contributed by atoms with Crippen LogP contribution in [0.25, 0.3) is 0 Å². The molecule has 1 unspecified atom stereocenters. The van der Waals surface area contributed by atoms with Gasteiger partial charge in [-0.05, 0) is 55.2 Å². The zero-order valence-corrected chi connectivity index (χ0v) is 13.9. The molecule has 0 fully saturated rings. The van der Waals surface area contributed by atoms with Crippen molar-refractivity contribution in [2.45, 2.75) is 63.3 Å². The molecule has 2 heteroatoms. The standard InChI is InChI=1S/C17H29NS/c1-6-15(18-5)8-7-13-19-16-11-9-14(10-12-16)17(2,3)4/h9-12,15,18H,6-8,13H2,1-5H3. The van der Waals surface area contributed by atoms with Crippen LogP contribution in [0.2, 0.25) is 0 Å². The van der Waals surface area contributed by atoms with Crippen LogP contribution < -0.4 is 5.32 Å². The number of thioether (sulfide) groups is 1. The van der Waals surface area contributed by atoms with Crippen LogP contribution in [-0.4, -0.2) is 18.8 Å². The molecule has 0 bridgehead atoms. The highest BCUT2D eigenvalue weighted by Gasteiger charge is 2.12. The second kappa shape index (κ2) is 7.96. The van der Waals surface area contributed by atoms with E-state index in [4.69, 9.17) is 0 Å². The molecular weight excluding hydrogens is 250 g/mol. The largest absolute Gasteiger partial charge is 0.317 e. The molecule has 0 saturated carbocycles. The quantitative estimate of drug-likeness (QED) is 0.565. The monoisotopic (exact) mass is 279 g/mol. The molecular formula is C17H29NS. The minimum atomic E-state index is 0.254. The minimum absolute atomic E-state index is 0.254. The van der Waals surface area contributed by atoms with Gasteiger partial charge in [-0.25, -0.2) is 0 Å². The van der Waals surface area contributed by atoms with Crippen LogP contribution in [0.4, 0.5) is 0 Å². The van der Waals surface area contributed by atoms with Crippen molar-refractivity contribution in [2.24, 2.45) is 0 Å². The normalized spacial score (nSPS) is 13.5. The zero-order chi connectivity index (χ0) is 14.3. The number of rotatable bonds is 7. The van der Waals surface area contributed by atoms with Crippen molar-refractivity contribution in [1.82, 2.24) is 5.32 Å². The van der Waals surface area contributed by atoms with Gasteiger partial charge in [0.05, 0.1) is 0 Å². The first-order valence-electron chi connectivity index (χ1n) is 7.38. The molecule has 0 saturated heterocycles. The first-order chi connectivity index (χ1) is 8.97. The Kier molecular flexibility index (Phi) is 6.95. The second-order valence-electron chi connectivity index (χ2n) is 6.16. The van der Waals surface area contributed by atoms with Crippen molar-refractivity contribution in [1.29, 1.82) is 0 Å². The fourth-order valence-electron chi connectivity index (χ4n) is 2.12. The van der Waals surface area contributed by atoms with Crippen molar-refractivity contribution in [3.05, 3.63) is 29.8 Å². The van der Waals surface area contributed by atoms with E-state index in [0.29, 0.717) is 6.04 Å². The molecule has 0 amide bonds. The summed E-state index contributed by atoms with van der Waals surface area (Å²) in [4.78, 5) is 1.39. The summed E-state index contributed by atoms with van der Waals surface area (Å²) in [5.41, 5.74) is 1.67. The second-order valence-corrected chi connectivity index (χ2v) is 7.33. The van der Waals surface area contributed by atoms with Crippen molar-refractivity contribution < 1.29 is 0 Å². The van der Waals surface area contributed by atoms with Crippen molar-refractivity contribution >= 4 is 11.8 Å². The van der Waals surface area contributed by atoms with Crippen LogP contribution in [0.15, 0.2) is 29.2 Å². The van der Waals surface area contributed by atoms with Crippen LogP contribution in [0.1, 0.15) is 52.5 Å². The average Bonchev–Trinajstić information content (AvgIpc) is 2.38. The maximum atomic E-state index is 3.37. The fourth-order valence-corrected chi connectivity index (χ4v) is 3.00. The molecule has 1 atom stereocenters. The molecule has 0 radical (unpaired) electrons. The Bertz CT molecular complexity index is 347. The SMILES string of the molecule is CCC(CCCSc1ccc(C(C)(C)C)cc1)NC. The van der Waals surface area contributed by atoms with Crippen LogP contribution >= 0.6 is 11.8 Å². The van der Waals surface area contributed by atoms with E-state index < -0.39 is 0 Å². The summed E-state index contributed by atoms with van der Waals surface area (Å²) in [5.74, 6) is 1.22. The summed E-state index contributed by atoms with van der Waals surface area (Å²) < 4.78 is 0. The molecule has 0 aliphatic rings. The maximum Gasteiger partial charge on any atom is 0.00721 e. The Labute approximate surface area is 123 Å². The predicted molar refractivity (Wildman–Crippen MR) is 88.2 cm³/mol. The van der Waals surface area contributed by atoms with E-state index in [0.717, 1.165) is 0 Å². The third-order valence-electron chi connectivity index (χ3n) is 3.59. The van der Waals surface area contributed by atoms with E-state index in [-0.39, 0.29) is 5.41 Å². The Morgan fingerprint density at radius 3 is 2.26 bits per heavy atom. The van der Waals surface area contributed by atoms with Gasteiger partial charge < -0.3 is 5.32 Å². The molecule has 1 nitrogen and oxygen atoms in total. The zero-order valence-electron chi connectivity index (χ0n) is 13.1. The van der Waals surface area contributed by atoms with Crippen LogP contribution in [0, 0.1) is 0 Å². The lowest BCUT2D eigenvalue weighted by molar-refractivity contribution is 0.504. The molecule has 1 rings (SSSR count). The minimum Gasteiger partial charge on any atom is -0.317 e. The lowest BCUT2D eigenvalue weighted by atomic mass is 9.87. The Morgan fingerprint density at radius 1 is 1.16 bits per heavy atom. The van der Waals surface area contributed by atoms with E-state index in [1.54, 1.807) is 0 Å². The summed E-state index contributed by atoms with van der Waals surface area (Å²) in [7, 11) is 2.06. The molecule has 1 aromatic rings.